The van der Waals surface area contributed by atoms with Gasteiger partial charge in [0, 0.05) is 28.5 Å². The van der Waals surface area contributed by atoms with Crippen molar-refractivity contribution in [1.29, 1.82) is 0 Å². The first-order chi connectivity index (χ1) is 17.5. The van der Waals surface area contributed by atoms with Crippen LogP contribution in [0.1, 0.15) is 48.8 Å². The molecule has 0 aliphatic heterocycles. The third kappa shape index (κ3) is 7.44. The molecule has 1 aliphatic rings. The molecule has 0 saturated heterocycles. The second kappa shape index (κ2) is 13.1. The summed E-state index contributed by atoms with van der Waals surface area (Å²) in [5, 5.41) is 3.83. The molecule has 4 nitrogen and oxygen atoms in total. The molecule has 6 heteroatoms. The third-order valence-electron chi connectivity index (χ3n) is 6.79. The molecule has 0 bridgehead atoms. The number of rotatable bonds is 9. The Morgan fingerprint density at radius 3 is 2.25 bits per heavy atom. The summed E-state index contributed by atoms with van der Waals surface area (Å²) in [4.78, 5) is 29.4. The minimum atomic E-state index is -0.632. The first-order valence-corrected chi connectivity index (χ1v) is 13.8. The maximum Gasteiger partial charge on any atom is 0.243 e. The van der Waals surface area contributed by atoms with Gasteiger partial charge < -0.3 is 10.2 Å². The largest absolute Gasteiger partial charge is 0.352 e. The van der Waals surface area contributed by atoms with E-state index in [1.807, 2.05) is 72.8 Å². The van der Waals surface area contributed by atoms with Crippen molar-refractivity contribution in [3.63, 3.8) is 0 Å². The van der Waals surface area contributed by atoms with Crippen LogP contribution < -0.4 is 5.32 Å². The molecule has 1 unspecified atom stereocenters. The molecule has 1 aliphatic carbocycles. The number of carbonyl (C=O) groups excluding carboxylic acids is 2. The van der Waals surface area contributed by atoms with Crippen LogP contribution in [0, 0.1) is 0 Å². The van der Waals surface area contributed by atoms with E-state index in [1.54, 1.807) is 11.0 Å². The Kier molecular flexibility index (Phi) is 9.60. The van der Waals surface area contributed by atoms with Crippen LogP contribution in [0.2, 0.25) is 5.02 Å². The fourth-order valence-electron chi connectivity index (χ4n) is 4.79. The van der Waals surface area contributed by atoms with Crippen LogP contribution in [-0.4, -0.2) is 28.8 Å². The van der Waals surface area contributed by atoms with E-state index in [1.165, 1.54) is 6.42 Å². The molecule has 4 rings (SSSR count). The van der Waals surface area contributed by atoms with Gasteiger partial charge >= 0.3 is 0 Å². The van der Waals surface area contributed by atoms with E-state index in [0.717, 1.165) is 46.8 Å². The van der Waals surface area contributed by atoms with Crippen molar-refractivity contribution in [2.75, 3.05) is 0 Å². The Morgan fingerprint density at radius 1 is 0.889 bits per heavy atom. The molecule has 0 radical (unpaired) electrons. The molecule has 1 N–H and O–H groups in total. The fraction of sp³-hybridized carbons (Fsp3) is 0.333. The van der Waals surface area contributed by atoms with Crippen LogP contribution in [-0.2, 0) is 29.0 Å². The van der Waals surface area contributed by atoms with E-state index in [2.05, 4.69) is 21.2 Å². The summed E-state index contributed by atoms with van der Waals surface area (Å²) >= 11 is 9.88. The maximum absolute atomic E-state index is 13.8. The molecule has 0 aromatic heterocycles. The SMILES string of the molecule is O=C(NC1CCCCC1)C(Cc1ccccc1)N(Cc1ccc(Br)cc1)C(=O)Cc1ccccc1Cl. The van der Waals surface area contributed by atoms with E-state index in [9.17, 15) is 9.59 Å². The molecule has 0 heterocycles. The van der Waals surface area contributed by atoms with Crippen LogP contribution in [0.3, 0.4) is 0 Å². The zero-order chi connectivity index (χ0) is 25.3. The number of nitrogens with zero attached hydrogens (tertiary/aromatic N) is 1. The van der Waals surface area contributed by atoms with Crippen LogP contribution in [0.15, 0.2) is 83.3 Å². The second-order valence-electron chi connectivity index (χ2n) is 9.47. The number of nitrogens with one attached hydrogen (secondary N) is 1. The van der Waals surface area contributed by atoms with E-state index >= 15 is 0 Å². The molecule has 1 fully saturated rings. The van der Waals surface area contributed by atoms with Crippen molar-refractivity contribution in [2.45, 2.75) is 63.6 Å². The van der Waals surface area contributed by atoms with Crippen LogP contribution in [0.4, 0.5) is 0 Å². The van der Waals surface area contributed by atoms with Crippen molar-refractivity contribution in [3.05, 3.63) is 105 Å². The van der Waals surface area contributed by atoms with Crippen LogP contribution in [0.5, 0.6) is 0 Å². The Bertz CT molecular complexity index is 1150. The Morgan fingerprint density at radius 2 is 1.56 bits per heavy atom. The smallest absolute Gasteiger partial charge is 0.243 e. The predicted molar refractivity (Wildman–Crippen MR) is 149 cm³/mol. The first-order valence-electron chi connectivity index (χ1n) is 12.6. The highest BCUT2D eigenvalue weighted by Gasteiger charge is 2.32. The molecule has 188 valence electrons. The second-order valence-corrected chi connectivity index (χ2v) is 10.8. The average Bonchev–Trinajstić information content (AvgIpc) is 2.89. The minimum absolute atomic E-state index is 0.0876. The summed E-state index contributed by atoms with van der Waals surface area (Å²) < 4.78 is 0.969. The van der Waals surface area contributed by atoms with Gasteiger partial charge in [0.2, 0.25) is 11.8 Å². The highest BCUT2D eigenvalue weighted by atomic mass is 79.9. The van der Waals surface area contributed by atoms with Crippen molar-refractivity contribution in [3.8, 4) is 0 Å². The van der Waals surface area contributed by atoms with E-state index in [-0.39, 0.29) is 24.3 Å². The topological polar surface area (TPSA) is 49.4 Å². The molecule has 0 spiro atoms. The summed E-state index contributed by atoms with van der Waals surface area (Å²) in [5.74, 6) is -0.207. The summed E-state index contributed by atoms with van der Waals surface area (Å²) in [6, 6.07) is 24.7. The van der Waals surface area contributed by atoms with Gasteiger partial charge in [-0.2, -0.15) is 0 Å². The molecule has 3 aromatic carbocycles. The Balaban J connectivity index is 1.65. The van der Waals surface area contributed by atoms with Crippen molar-refractivity contribution in [2.24, 2.45) is 0 Å². The normalized spacial score (nSPS) is 14.7. The van der Waals surface area contributed by atoms with Gasteiger partial charge in [-0.15, -0.1) is 0 Å². The molecular weight excluding hydrogens is 536 g/mol. The van der Waals surface area contributed by atoms with E-state index in [0.29, 0.717) is 18.0 Å². The number of amides is 2. The molecule has 2 amide bonds. The summed E-state index contributed by atoms with van der Waals surface area (Å²) in [6.07, 6.45) is 6.03. The zero-order valence-corrected chi connectivity index (χ0v) is 22.7. The molecule has 36 heavy (non-hydrogen) atoms. The van der Waals surface area contributed by atoms with Gasteiger partial charge in [0.15, 0.2) is 0 Å². The highest BCUT2D eigenvalue weighted by Crippen LogP contribution is 2.22. The maximum atomic E-state index is 13.8. The fourth-order valence-corrected chi connectivity index (χ4v) is 5.26. The van der Waals surface area contributed by atoms with Crippen molar-refractivity contribution >= 4 is 39.3 Å². The number of benzene rings is 3. The van der Waals surface area contributed by atoms with Gasteiger partial charge in [-0.25, -0.2) is 0 Å². The van der Waals surface area contributed by atoms with Crippen molar-refractivity contribution < 1.29 is 9.59 Å². The Labute approximate surface area is 227 Å². The van der Waals surface area contributed by atoms with Crippen molar-refractivity contribution in [1.82, 2.24) is 10.2 Å². The predicted octanol–water partition coefficient (Wildman–Crippen LogP) is 6.73. The quantitative estimate of drug-likeness (QED) is 0.312. The van der Waals surface area contributed by atoms with Gasteiger partial charge in [0.1, 0.15) is 6.04 Å². The van der Waals surface area contributed by atoms with Gasteiger partial charge in [-0.1, -0.05) is 107 Å². The van der Waals surface area contributed by atoms with E-state index < -0.39 is 6.04 Å². The van der Waals surface area contributed by atoms with Crippen LogP contribution in [0.25, 0.3) is 0 Å². The van der Waals surface area contributed by atoms with Gasteiger partial charge in [-0.05, 0) is 47.7 Å². The lowest BCUT2D eigenvalue weighted by Gasteiger charge is -2.33. The lowest BCUT2D eigenvalue weighted by Crippen LogP contribution is -2.53. The number of carbonyl (C=O) groups is 2. The number of halogens is 2. The summed E-state index contributed by atoms with van der Waals surface area (Å²) in [5.41, 5.74) is 2.75. The Hall–Kier alpha value is -2.63. The highest BCUT2D eigenvalue weighted by molar-refractivity contribution is 9.10. The number of hydrogen-bond acceptors (Lipinski definition) is 2. The molecular formula is C30H32BrClN2O2. The summed E-state index contributed by atoms with van der Waals surface area (Å²) in [7, 11) is 0. The molecule has 3 aromatic rings. The standard InChI is InChI=1S/C30H32BrClN2O2/c31-25-17-15-23(16-18-25)21-34(29(35)20-24-11-7-8-14-27(24)32)28(19-22-9-3-1-4-10-22)30(36)33-26-12-5-2-6-13-26/h1,3-4,7-11,14-18,26,28H,2,5-6,12-13,19-21H2,(H,33,36). The average molecular weight is 568 g/mol. The molecule has 1 saturated carbocycles. The van der Waals surface area contributed by atoms with Gasteiger partial charge in [-0.3, -0.25) is 9.59 Å². The van der Waals surface area contributed by atoms with E-state index in [4.69, 9.17) is 11.6 Å². The molecule has 1 atom stereocenters. The lowest BCUT2D eigenvalue weighted by molar-refractivity contribution is -0.141. The van der Waals surface area contributed by atoms with Crippen LogP contribution >= 0.6 is 27.5 Å². The zero-order valence-electron chi connectivity index (χ0n) is 20.3. The third-order valence-corrected chi connectivity index (χ3v) is 7.69. The monoisotopic (exact) mass is 566 g/mol. The van der Waals surface area contributed by atoms with Gasteiger partial charge in [0.25, 0.3) is 0 Å². The van der Waals surface area contributed by atoms with Gasteiger partial charge in [0.05, 0.1) is 6.42 Å². The summed E-state index contributed by atoms with van der Waals surface area (Å²) in [6.45, 7) is 0.339. The minimum Gasteiger partial charge on any atom is -0.352 e. The number of hydrogen-bond donors (Lipinski definition) is 1. The lowest BCUT2D eigenvalue weighted by atomic mass is 9.94. The first kappa shape index (κ1) is 26.4.